The highest BCUT2D eigenvalue weighted by Gasteiger charge is 2.19. The Morgan fingerprint density at radius 1 is 1.50 bits per heavy atom. The summed E-state index contributed by atoms with van der Waals surface area (Å²) in [5, 5.41) is 0. The molecule has 0 aromatic rings. The molecule has 3 nitrogen and oxygen atoms in total. The molecular formula is C7H16N2O. The third kappa shape index (κ3) is 2.45. The van der Waals surface area contributed by atoms with E-state index in [-0.39, 0.29) is 5.54 Å². The van der Waals surface area contributed by atoms with Crippen molar-refractivity contribution in [3.05, 3.63) is 0 Å². The lowest BCUT2D eigenvalue weighted by atomic mass is 10.0. The van der Waals surface area contributed by atoms with Gasteiger partial charge in [0.2, 0.25) is 0 Å². The Hall–Kier alpha value is -0.410. The molecule has 0 aromatic carbocycles. The number of rotatable bonds is 3. The monoisotopic (exact) mass is 144 g/mol. The summed E-state index contributed by atoms with van der Waals surface area (Å²) in [6, 6.07) is 0. The van der Waals surface area contributed by atoms with Crippen molar-refractivity contribution >= 4 is 5.71 Å². The molecule has 0 aromatic heterocycles. The Labute approximate surface area is 62.4 Å². The third-order valence-corrected chi connectivity index (χ3v) is 1.60. The van der Waals surface area contributed by atoms with E-state index in [1.54, 1.807) is 14.2 Å². The van der Waals surface area contributed by atoms with Crippen LogP contribution in [0.1, 0.15) is 20.8 Å². The zero-order valence-electron chi connectivity index (χ0n) is 7.36. The van der Waals surface area contributed by atoms with E-state index in [2.05, 4.69) is 10.5 Å². The predicted molar refractivity (Wildman–Crippen MR) is 43.3 cm³/mol. The van der Waals surface area contributed by atoms with Crippen LogP contribution in [0.4, 0.5) is 0 Å². The normalized spacial score (nSPS) is 13.9. The fourth-order valence-corrected chi connectivity index (χ4v) is 0.609. The van der Waals surface area contributed by atoms with Crippen molar-refractivity contribution in [2.45, 2.75) is 26.3 Å². The molecule has 0 aliphatic heterocycles. The number of hydroxylamine groups is 1. The minimum absolute atomic E-state index is 0.163. The molecule has 0 amide bonds. The van der Waals surface area contributed by atoms with E-state index in [9.17, 15) is 0 Å². The highest BCUT2D eigenvalue weighted by atomic mass is 16.6. The van der Waals surface area contributed by atoms with Gasteiger partial charge in [-0.15, -0.1) is 0 Å². The van der Waals surface area contributed by atoms with Gasteiger partial charge < -0.3 is 4.84 Å². The van der Waals surface area contributed by atoms with Crippen LogP contribution in [0.2, 0.25) is 0 Å². The molecule has 60 valence electrons. The first-order valence-electron chi connectivity index (χ1n) is 3.28. The molecule has 0 radical (unpaired) electrons. The first-order chi connectivity index (χ1) is 4.54. The maximum atomic E-state index is 4.80. The van der Waals surface area contributed by atoms with E-state index >= 15 is 0 Å². The van der Waals surface area contributed by atoms with Gasteiger partial charge in [0.1, 0.15) is 0 Å². The molecule has 0 rings (SSSR count). The van der Waals surface area contributed by atoms with E-state index in [1.807, 2.05) is 20.8 Å². The molecule has 0 saturated heterocycles. The van der Waals surface area contributed by atoms with Crippen LogP contribution in [-0.4, -0.2) is 25.4 Å². The summed E-state index contributed by atoms with van der Waals surface area (Å²) in [6.45, 7) is 5.99. The fourth-order valence-electron chi connectivity index (χ4n) is 0.609. The molecule has 0 aliphatic carbocycles. The maximum absolute atomic E-state index is 4.80. The quantitative estimate of drug-likeness (QED) is 0.473. The molecular weight excluding hydrogens is 128 g/mol. The van der Waals surface area contributed by atoms with Crippen LogP contribution in [0.3, 0.4) is 0 Å². The Kier molecular flexibility index (Phi) is 3.53. The van der Waals surface area contributed by atoms with Crippen LogP contribution >= 0.6 is 0 Å². The Balaban J connectivity index is 4.10. The average molecular weight is 144 g/mol. The second-order valence-corrected chi connectivity index (χ2v) is 2.74. The maximum Gasteiger partial charge on any atom is 0.0748 e. The number of hydrogen-bond donors (Lipinski definition) is 1. The minimum atomic E-state index is -0.163. The molecule has 0 unspecified atom stereocenters. The van der Waals surface area contributed by atoms with Gasteiger partial charge in [0.15, 0.2) is 0 Å². The molecule has 0 spiro atoms. The molecule has 0 saturated carbocycles. The summed E-state index contributed by atoms with van der Waals surface area (Å²) in [5.41, 5.74) is 3.70. The molecule has 1 N–H and O–H groups in total. The van der Waals surface area contributed by atoms with E-state index in [0.29, 0.717) is 0 Å². The predicted octanol–water partition coefficient (Wildman–Crippen LogP) is 1.01. The van der Waals surface area contributed by atoms with Crippen molar-refractivity contribution in [3.8, 4) is 0 Å². The van der Waals surface area contributed by atoms with Gasteiger partial charge in [-0.25, -0.2) is 0 Å². The highest BCUT2D eigenvalue weighted by molar-refractivity contribution is 5.90. The van der Waals surface area contributed by atoms with Crippen LogP contribution < -0.4 is 5.48 Å². The summed E-state index contributed by atoms with van der Waals surface area (Å²) >= 11 is 0. The van der Waals surface area contributed by atoms with Crippen molar-refractivity contribution in [1.29, 1.82) is 0 Å². The number of nitrogens with zero attached hydrogens (tertiary/aromatic N) is 1. The molecule has 0 fully saturated rings. The number of aliphatic imine (C=N–C) groups is 1. The van der Waals surface area contributed by atoms with Gasteiger partial charge >= 0.3 is 0 Å². The lowest BCUT2D eigenvalue weighted by Crippen LogP contribution is -2.44. The summed E-state index contributed by atoms with van der Waals surface area (Å²) in [7, 11) is 3.37. The van der Waals surface area contributed by atoms with Crippen molar-refractivity contribution in [2.75, 3.05) is 14.2 Å². The zero-order valence-corrected chi connectivity index (χ0v) is 7.36. The lowest BCUT2D eigenvalue weighted by Gasteiger charge is -2.24. The largest absolute Gasteiger partial charge is 0.304 e. The molecule has 0 aliphatic rings. The summed E-state index contributed by atoms with van der Waals surface area (Å²) in [6.07, 6.45) is 0. The van der Waals surface area contributed by atoms with E-state index in [4.69, 9.17) is 4.84 Å². The van der Waals surface area contributed by atoms with Crippen molar-refractivity contribution in [3.63, 3.8) is 0 Å². The molecule has 0 atom stereocenters. The van der Waals surface area contributed by atoms with E-state index < -0.39 is 0 Å². The Bertz CT molecular complexity index is 130. The molecule has 3 heteroatoms. The van der Waals surface area contributed by atoms with Gasteiger partial charge in [-0.2, -0.15) is 5.48 Å². The number of hydrogen-bond acceptors (Lipinski definition) is 3. The fraction of sp³-hybridized carbons (Fsp3) is 0.857. The van der Waals surface area contributed by atoms with Gasteiger partial charge in [0, 0.05) is 12.8 Å². The lowest BCUT2D eigenvalue weighted by molar-refractivity contribution is 0.0523. The standard InChI is InChI=1S/C7H16N2O/c1-6(8-4)7(2,3)9-10-5/h9H,1-5H3. The molecule has 0 heterocycles. The van der Waals surface area contributed by atoms with Crippen molar-refractivity contribution in [2.24, 2.45) is 4.99 Å². The third-order valence-electron chi connectivity index (χ3n) is 1.60. The minimum Gasteiger partial charge on any atom is -0.304 e. The van der Waals surface area contributed by atoms with Gasteiger partial charge in [0.05, 0.1) is 12.6 Å². The van der Waals surface area contributed by atoms with Gasteiger partial charge in [-0.1, -0.05) is 0 Å². The van der Waals surface area contributed by atoms with Crippen LogP contribution in [0, 0.1) is 0 Å². The summed E-state index contributed by atoms with van der Waals surface area (Å²) in [5.74, 6) is 0. The van der Waals surface area contributed by atoms with Gasteiger partial charge in [-0.3, -0.25) is 4.99 Å². The van der Waals surface area contributed by atoms with Gasteiger partial charge in [-0.05, 0) is 20.8 Å². The van der Waals surface area contributed by atoms with E-state index in [1.165, 1.54) is 0 Å². The summed E-state index contributed by atoms with van der Waals surface area (Å²) < 4.78 is 0. The van der Waals surface area contributed by atoms with E-state index in [0.717, 1.165) is 5.71 Å². The SMILES string of the molecule is CN=C(C)C(C)(C)NOC. The average Bonchev–Trinajstić information content (AvgIpc) is 1.86. The van der Waals surface area contributed by atoms with Crippen LogP contribution in [-0.2, 0) is 4.84 Å². The van der Waals surface area contributed by atoms with Crippen LogP contribution in [0.15, 0.2) is 4.99 Å². The number of nitrogens with one attached hydrogen (secondary N) is 1. The second-order valence-electron chi connectivity index (χ2n) is 2.74. The van der Waals surface area contributed by atoms with Crippen molar-refractivity contribution < 1.29 is 4.84 Å². The Morgan fingerprint density at radius 3 is 2.30 bits per heavy atom. The van der Waals surface area contributed by atoms with Crippen LogP contribution in [0.5, 0.6) is 0 Å². The van der Waals surface area contributed by atoms with Gasteiger partial charge in [0.25, 0.3) is 0 Å². The van der Waals surface area contributed by atoms with Crippen molar-refractivity contribution in [1.82, 2.24) is 5.48 Å². The van der Waals surface area contributed by atoms with Crippen LogP contribution in [0.25, 0.3) is 0 Å². The molecule has 0 bridgehead atoms. The summed E-state index contributed by atoms with van der Waals surface area (Å²) in [4.78, 5) is 8.85. The highest BCUT2D eigenvalue weighted by Crippen LogP contribution is 2.03. The topological polar surface area (TPSA) is 33.6 Å². The first-order valence-corrected chi connectivity index (χ1v) is 3.28. The zero-order chi connectivity index (χ0) is 8.20. The smallest absolute Gasteiger partial charge is 0.0748 e. The molecule has 10 heavy (non-hydrogen) atoms. The second kappa shape index (κ2) is 3.68. The Morgan fingerprint density at radius 2 is 2.00 bits per heavy atom. The first kappa shape index (κ1) is 9.59.